The van der Waals surface area contributed by atoms with Crippen LogP contribution in [0.1, 0.15) is 115 Å². The quantitative estimate of drug-likeness (QED) is 0.152. The third-order valence-corrected chi connectivity index (χ3v) is 22.1. The lowest BCUT2D eigenvalue weighted by atomic mass is 9.81. The van der Waals surface area contributed by atoms with E-state index in [9.17, 15) is 34.8 Å². The van der Waals surface area contributed by atoms with E-state index in [2.05, 4.69) is 92.7 Å². The number of likely N-dealkylation sites (tertiary alicyclic amines) is 2. The average Bonchev–Trinajstić information content (AvgIpc) is 1.57. The Kier molecular flexibility index (Phi) is 20.7. The first-order valence-electron chi connectivity index (χ1n) is 31.0. The van der Waals surface area contributed by atoms with Crippen LogP contribution in [0.15, 0.2) is 128 Å². The Hall–Kier alpha value is -6.10. The topological polar surface area (TPSA) is 196 Å². The van der Waals surface area contributed by atoms with Gasteiger partial charge in [-0.15, -0.1) is 0 Å². The fraction of sp³-hybridized carbons (Fsp3) is 0.471. The zero-order valence-electron chi connectivity index (χ0n) is 52.9. The zero-order valence-corrected chi connectivity index (χ0v) is 57.6. The number of hydrogen-bond donors (Lipinski definition) is 2. The monoisotopic (exact) mass is 1350 g/mol. The molecule has 0 bridgehead atoms. The van der Waals surface area contributed by atoms with E-state index in [1.165, 1.54) is 35.0 Å². The molecular formula is C68H78Cl4N12O5S2. The lowest BCUT2D eigenvalue weighted by Gasteiger charge is -2.40. The van der Waals surface area contributed by atoms with Crippen LogP contribution in [-0.2, 0) is 30.3 Å². The van der Waals surface area contributed by atoms with E-state index in [0.29, 0.717) is 67.4 Å². The SMILES string of the molecule is CC(C)C1=C(C(=O)N2[C@H](C#N)CC[C@H]2C(=O)N2CCN(C)[C@H](C)C2)SC2=N[C@@](C)(c3ccc(Cl)cc3)[C@@H](c3ccc(Cl)cc3)N21.CC(C)C1=C(C(=O)N2[C@H](C#N)CC[C@H]2C(=O)O)SC2=N[C@@](C)(c3ccc(Cl)cc3)[C@@H](c3ccc(Cl)cc3)N21.C[C@@H]1CNCCN1C. The largest absolute Gasteiger partial charge is 0.480 e. The number of fused-ring (bicyclic) bond motifs is 2. The van der Waals surface area contributed by atoms with E-state index in [1.54, 1.807) is 4.90 Å². The fourth-order valence-corrected chi connectivity index (χ4v) is 16.9. The second-order valence-electron chi connectivity index (χ2n) is 25.6. The molecule has 480 valence electrons. The molecule has 10 atom stereocenters. The minimum absolute atomic E-state index is 0.0395. The van der Waals surface area contributed by atoms with Gasteiger partial charge < -0.3 is 44.7 Å². The van der Waals surface area contributed by atoms with E-state index < -0.39 is 47.1 Å². The van der Waals surface area contributed by atoms with Crippen molar-refractivity contribution in [2.24, 2.45) is 21.8 Å². The number of piperazine rings is 2. The number of thioether (sulfide) groups is 2. The summed E-state index contributed by atoms with van der Waals surface area (Å²) in [6.07, 6.45) is 1.54. The third-order valence-electron chi connectivity index (χ3n) is 18.9. The van der Waals surface area contributed by atoms with Gasteiger partial charge in [-0.25, -0.2) is 14.8 Å². The summed E-state index contributed by atoms with van der Waals surface area (Å²) in [6, 6.07) is 32.4. The molecule has 8 aliphatic heterocycles. The molecule has 12 rings (SSSR count). The third kappa shape index (κ3) is 13.3. The number of carboxylic acid groups (broad SMARTS) is 1. The Bertz CT molecular complexity index is 3640. The van der Waals surface area contributed by atoms with Crippen molar-refractivity contribution in [2.75, 3.05) is 53.4 Å². The van der Waals surface area contributed by atoms with Crippen LogP contribution in [0.3, 0.4) is 0 Å². The van der Waals surface area contributed by atoms with Crippen molar-refractivity contribution in [1.29, 1.82) is 10.5 Å². The van der Waals surface area contributed by atoms with Crippen LogP contribution in [0.25, 0.3) is 0 Å². The van der Waals surface area contributed by atoms with Crippen molar-refractivity contribution in [2.45, 2.75) is 140 Å². The van der Waals surface area contributed by atoms with Gasteiger partial charge in [0.15, 0.2) is 10.3 Å². The first-order chi connectivity index (χ1) is 43.3. The van der Waals surface area contributed by atoms with Crippen LogP contribution in [-0.4, -0.2) is 163 Å². The van der Waals surface area contributed by atoms with Crippen LogP contribution in [0, 0.1) is 34.5 Å². The summed E-state index contributed by atoms with van der Waals surface area (Å²) in [7, 11) is 4.23. The molecule has 0 saturated carbocycles. The van der Waals surface area contributed by atoms with Gasteiger partial charge in [-0.05, 0) is 174 Å². The Morgan fingerprint density at radius 3 is 1.35 bits per heavy atom. The molecule has 0 unspecified atom stereocenters. The maximum absolute atomic E-state index is 14.6. The molecule has 8 aliphatic rings. The van der Waals surface area contributed by atoms with E-state index in [1.807, 2.05) is 116 Å². The molecule has 0 radical (unpaired) electrons. The van der Waals surface area contributed by atoms with Crippen LogP contribution >= 0.6 is 69.9 Å². The number of nitriles is 2. The summed E-state index contributed by atoms with van der Waals surface area (Å²) in [5.41, 5.74) is 4.18. The molecule has 4 aromatic carbocycles. The lowest BCUT2D eigenvalue weighted by Crippen LogP contribution is -2.57. The standard InChI is InChI=1S/C34H38Cl2N6O2S.C28H26Cl2N4O3S.C6H14N2/c1-20(2)28-29(32(44)41-26(18-37)14-15-27(41)31(43)40-17-16-39(5)21(3)19-40)45-33-38-34(4,23-8-12-25(36)13-9-23)30(42(28)33)22-6-10-24(35)11-7-22;1-15(2)22-23(25(35)33-20(14-31)12-13-21(33)26(36)37)38-27-32-28(3,17-6-10-19(30)11-7-17)24(34(22)27)16-4-8-18(29)9-5-16;1-6-5-7-3-4-8(6)2/h6-13,20-21,26-27,30H,14-17,19H2,1-5H3;4-11,15,20-21,24H,12-13H2,1-3H3,(H,36,37);6-7H,3-5H2,1-2H3/t21-,26+,27+,30-,34+;20-,21-,24+,28-;6-/m101/s1. The number of benzene rings is 4. The minimum atomic E-state index is -1.10. The summed E-state index contributed by atoms with van der Waals surface area (Å²) in [6.45, 7) is 22.2. The minimum Gasteiger partial charge on any atom is -0.480 e. The van der Waals surface area contributed by atoms with Crippen LogP contribution in [0.4, 0.5) is 0 Å². The molecule has 0 aliphatic carbocycles. The molecule has 8 heterocycles. The smallest absolute Gasteiger partial charge is 0.326 e. The van der Waals surface area contributed by atoms with Crippen LogP contribution < -0.4 is 5.32 Å². The van der Waals surface area contributed by atoms with Crippen molar-refractivity contribution in [1.82, 2.24) is 39.6 Å². The maximum Gasteiger partial charge on any atom is 0.326 e. The molecule has 2 N–H and O–H groups in total. The van der Waals surface area contributed by atoms with E-state index >= 15 is 0 Å². The number of carbonyl (C=O) groups excluding carboxylic acids is 3. The van der Waals surface area contributed by atoms with Gasteiger partial charge in [-0.1, -0.05) is 123 Å². The van der Waals surface area contributed by atoms with Crippen molar-refractivity contribution in [3.8, 4) is 12.1 Å². The molecule has 0 spiro atoms. The Labute approximate surface area is 563 Å². The highest BCUT2D eigenvalue weighted by molar-refractivity contribution is 8.18. The summed E-state index contributed by atoms with van der Waals surface area (Å²) < 4.78 is 0. The molecule has 91 heavy (non-hydrogen) atoms. The number of likely N-dealkylation sites (N-methyl/N-ethyl adjacent to an activating group) is 2. The van der Waals surface area contributed by atoms with Gasteiger partial charge in [0.1, 0.15) is 45.1 Å². The number of halogens is 4. The maximum atomic E-state index is 14.6. The number of amidine groups is 2. The Morgan fingerprint density at radius 1 is 0.593 bits per heavy atom. The van der Waals surface area contributed by atoms with Crippen molar-refractivity contribution in [3.63, 3.8) is 0 Å². The van der Waals surface area contributed by atoms with Gasteiger partial charge in [0.2, 0.25) is 5.91 Å². The molecule has 3 amide bonds. The number of aliphatic carboxylic acids is 1. The number of nitrogens with one attached hydrogen (secondary N) is 1. The molecule has 4 aromatic rings. The molecule has 4 fully saturated rings. The molecular weight excluding hydrogens is 1270 g/mol. The Morgan fingerprint density at radius 2 is 0.989 bits per heavy atom. The number of hydrogen-bond acceptors (Lipinski definition) is 15. The average molecular weight is 1350 g/mol. The summed E-state index contributed by atoms with van der Waals surface area (Å²) in [5.74, 6) is -1.99. The second-order valence-corrected chi connectivity index (χ2v) is 29.3. The van der Waals surface area contributed by atoms with E-state index in [4.69, 9.17) is 56.4 Å². The number of allylic oxidation sites excluding steroid dienone is 2. The van der Waals surface area contributed by atoms with Gasteiger partial charge in [0, 0.05) is 82.8 Å². The fourth-order valence-electron chi connectivity index (χ4n) is 13.7. The molecule has 4 saturated heterocycles. The van der Waals surface area contributed by atoms with Gasteiger partial charge in [-0.3, -0.25) is 14.4 Å². The first-order valence-corrected chi connectivity index (χ1v) is 34.2. The highest BCUT2D eigenvalue weighted by atomic mass is 35.5. The predicted molar refractivity (Wildman–Crippen MR) is 363 cm³/mol. The van der Waals surface area contributed by atoms with E-state index in [0.717, 1.165) is 64.5 Å². The predicted octanol–water partition coefficient (Wildman–Crippen LogP) is 12.4. The van der Waals surface area contributed by atoms with Crippen LogP contribution in [0.2, 0.25) is 20.1 Å². The molecule has 23 heteroatoms. The van der Waals surface area contributed by atoms with Gasteiger partial charge in [0.25, 0.3) is 11.8 Å². The van der Waals surface area contributed by atoms with E-state index in [-0.39, 0.29) is 48.2 Å². The highest BCUT2D eigenvalue weighted by Gasteiger charge is 2.57. The number of rotatable bonds is 10. The molecule has 0 aromatic heterocycles. The summed E-state index contributed by atoms with van der Waals surface area (Å²) in [5, 5.41) is 36.8. The first kappa shape index (κ1) is 67.8. The van der Waals surface area contributed by atoms with Gasteiger partial charge in [0.05, 0.1) is 24.2 Å². The lowest BCUT2D eigenvalue weighted by molar-refractivity contribution is -0.147. The van der Waals surface area contributed by atoms with Crippen molar-refractivity contribution in [3.05, 3.63) is 161 Å². The molecule has 17 nitrogen and oxygen atoms in total. The number of aliphatic imine (C=N–C) groups is 2. The second kappa shape index (κ2) is 27.8. The van der Waals surface area contributed by atoms with Gasteiger partial charge >= 0.3 is 5.97 Å². The van der Waals surface area contributed by atoms with Crippen molar-refractivity contribution < 1.29 is 24.3 Å². The number of carbonyl (C=O) groups is 4. The number of carboxylic acids is 1. The van der Waals surface area contributed by atoms with Gasteiger partial charge in [-0.2, -0.15) is 10.5 Å². The summed E-state index contributed by atoms with van der Waals surface area (Å²) in [4.78, 5) is 79.5. The normalized spacial score (nSPS) is 28.1. The number of nitrogens with zero attached hydrogens (tertiary/aromatic N) is 11. The number of amides is 3. The highest BCUT2D eigenvalue weighted by Crippen LogP contribution is 2.59. The summed E-state index contributed by atoms with van der Waals surface area (Å²) >= 11 is 27.6. The Balaban J connectivity index is 0.000000180. The van der Waals surface area contributed by atoms with Crippen LogP contribution in [0.5, 0.6) is 0 Å². The zero-order chi connectivity index (χ0) is 65.5. The van der Waals surface area contributed by atoms with Crippen molar-refractivity contribution >= 4 is 104 Å².